The minimum atomic E-state index is -0.347. The first kappa shape index (κ1) is 16.0. The van der Waals surface area contributed by atoms with Gasteiger partial charge in [-0.3, -0.25) is 9.59 Å². The zero-order valence-corrected chi connectivity index (χ0v) is 13.8. The zero-order chi connectivity index (χ0) is 16.6. The van der Waals surface area contributed by atoms with E-state index >= 15 is 0 Å². The van der Waals surface area contributed by atoms with Crippen molar-refractivity contribution < 1.29 is 9.59 Å². The van der Waals surface area contributed by atoms with Gasteiger partial charge in [-0.25, -0.2) is 0 Å². The van der Waals surface area contributed by atoms with Crippen molar-refractivity contribution in [1.29, 1.82) is 0 Å². The Morgan fingerprint density at radius 1 is 1.35 bits per heavy atom. The molecule has 23 heavy (non-hydrogen) atoms. The third-order valence-corrected chi connectivity index (χ3v) is 5.14. The van der Waals surface area contributed by atoms with E-state index in [-0.39, 0.29) is 23.3 Å². The fourth-order valence-electron chi connectivity index (χ4n) is 3.03. The summed E-state index contributed by atoms with van der Waals surface area (Å²) in [5, 5.41) is 5.97. The molecule has 0 aromatic heterocycles. The average molecular weight is 315 g/mol. The third-order valence-electron chi connectivity index (χ3n) is 5.14. The molecule has 3 unspecified atom stereocenters. The molecule has 2 saturated carbocycles. The summed E-state index contributed by atoms with van der Waals surface area (Å²) in [7, 11) is 0. The van der Waals surface area contributed by atoms with Crippen LogP contribution in [0.1, 0.15) is 43.5 Å². The number of carbonyl (C=O) groups excluding carboxylic acids is 2. The third kappa shape index (κ3) is 3.55. The van der Waals surface area contributed by atoms with Crippen LogP contribution in [-0.2, 0) is 4.79 Å². The predicted molar refractivity (Wildman–Crippen MR) is 90.0 cm³/mol. The Kier molecular flexibility index (Phi) is 4.15. The second-order valence-corrected chi connectivity index (χ2v) is 7.24. The van der Waals surface area contributed by atoms with Gasteiger partial charge in [-0.15, -0.1) is 0 Å². The van der Waals surface area contributed by atoms with Crippen molar-refractivity contribution >= 4 is 17.5 Å². The molecule has 1 aromatic rings. The number of hydrogen-bond donors (Lipinski definition) is 3. The summed E-state index contributed by atoms with van der Waals surface area (Å²) < 4.78 is 0. The van der Waals surface area contributed by atoms with Crippen molar-refractivity contribution in [1.82, 2.24) is 5.32 Å². The Bertz CT molecular complexity index is 626. The van der Waals surface area contributed by atoms with Gasteiger partial charge in [0.15, 0.2) is 0 Å². The lowest BCUT2D eigenvalue weighted by molar-refractivity contribution is -0.117. The van der Waals surface area contributed by atoms with Crippen molar-refractivity contribution in [2.45, 2.75) is 38.6 Å². The van der Waals surface area contributed by atoms with E-state index in [1.165, 1.54) is 0 Å². The first-order valence-electron chi connectivity index (χ1n) is 8.36. The van der Waals surface area contributed by atoms with Gasteiger partial charge in [0.2, 0.25) is 5.91 Å². The van der Waals surface area contributed by atoms with Gasteiger partial charge in [0.05, 0.1) is 5.54 Å². The molecule has 1 aromatic carbocycles. The van der Waals surface area contributed by atoms with Gasteiger partial charge in [-0.1, -0.05) is 13.0 Å². The monoisotopic (exact) mass is 315 g/mol. The lowest BCUT2D eigenvalue weighted by atomic mass is 9.95. The highest BCUT2D eigenvalue weighted by Crippen LogP contribution is 2.39. The number of anilines is 1. The minimum Gasteiger partial charge on any atom is -0.345 e. The normalized spacial score (nSPS) is 25.3. The van der Waals surface area contributed by atoms with Crippen molar-refractivity contribution in [2.24, 2.45) is 23.5 Å². The Balaban J connectivity index is 1.66. The first-order chi connectivity index (χ1) is 10.9. The Morgan fingerprint density at radius 3 is 2.61 bits per heavy atom. The summed E-state index contributed by atoms with van der Waals surface area (Å²) in [6.07, 6.45) is 3.18. The fraction of sp³-hybridized carbons (Fsp3) is 0.556. The number of carbonyl (C=O) groups is 2. The molecule has 3 atom stereocenters. The van der Waals surface area contributed by atoms with E-state index in [0.717, 1.165) is 19.3 Å². The molecule has 2 aliphatic carbocycles. The fourth-order valence-corrected chi connectivity index (χ4v) is 3.03. The SMILES string of the molecule is CC1CC1C(=O)Nc1cccc(C(=O)NC(C)(CN)C2CC2)c1. The summed E-state index contributed by atoms with van der Waals surface area (Å²) >= 11 is 0. The summed E-state index contributed by atoms with van der Waals surface area (Å²) in [5.74, 6) is 0.949. The molecule has 0 radical (unpaired) electrons. The molecule has 0 aliphatic heterocycles. The molecule has 124 valence electrons. The highest BCUT2D eigenvalue weighted by molar-refractivity contribution is 5.98. The molecular formula is C18H25N3O2. The summed E-state index contributed by atoms with van der Waals surface area (Å²) in [5.41, 5.74) is 6.72. The van der Waals surface area contributed by atoms with Crippen LogP contribution in [-0.4, -0.2) is 23.9 Å². The van der Waals surface area contributed by atoms with E-state index in [4.69, 9.17) is 5.73 Å². The number of nitrogens with one attached hydrogen (secondary N) is 2. The molecule has 0 heterocycles. The maximum absolute atomic E-state index is 12.5. The molecule has 2 amide bonds. The minimum absolute atomic E-state index is 0.0415. The van der Waals surface area contributed by atoms with Crippen LogP contribution in [0.5, 0.6) is 0 Å². The van der Waals surface area contributed by atoms with Gasteiger partial charge in [0, 0.05) is 23.7 Å². The average Bonchev–Trinajstić information content (AvgIpc) is 3.42. The van der Waals surface area contributed by atoms with E-state index in [1.54, 1.807) is 18.2 Å². The van der Waals surface area contributed by atoms with Crippen LogP contribution in [0.25, 0.3) is 0 Å². The Labute approximate surface area is 137 Å². The van der Waals surface area contributed by atoms with Crippen LogP contribution >= 0.6 is 0 Å². The molecule has 3 rings (SSSR count). The summed E-state index contributed by atoms with van der Waals surface area (Å²) in [6.45, 7) is 4.50. The van der Waals surface area contributed by atoms with Gasteiger partial charge < -0.3 is 16.4 Å². The molecule has 5 nitrogen and oxygen atoms in total. The van der Waals surface area contributed by atoms with E-state index in [1.807, 2.05) is 13.0 Å². The second kappa shape index (κ2) is 5.96. The van der Waals surface area contributed by atoms with Crippen molar-refractivity contribution in [2.75, 3.05) is 11.9 Å². The molecule has 0 spiro atoms. The first-order valence-corrected chi connectivity index (χ1v) is 8.36. The number of benzene rings is 1. The predicted octanol–water partition coefficient (Wildman–Crippen LogP) is 2.14. The number of amides is 2. The molecular weight excluding hydrogens is 290 g/mol. The number of rotatable bonds is 6. The Hall–Kier alpha value is -1.88. The van der Waals surface area contributed by atoms with Crippen LogP contribution in [0.15, 0.2) is 24.3 Å². The molecule has 5 heteroatoms. The van der Waals surface area contributed by atoms with E-state index in [2.05, 4.69) is 17.6 Å². The van der Waals surface area contributed by atoms with E-state index < -0.39 is 0 Å². The largest absolute Gasteiger partial charge is 0.345 e. The van der Waals surface area contributed by atoms with Crippen molar-refractivity contribution in [3.8, 4) is 0 Å². The second-order valence-electron chi connectivity index (χ2n) is 7.24. The summed E-state index contributed by atoms with van der Waals surface area (Å²) in [4.78, 5) is 24.5. The highest BCUT2D eigenvalue weighted by atomic mass is 16.2. The van der Waals surface area contributed by atoms with Crippen LogP contribution in [0, 0.1) is 17.8 Å². The Morgan fingerprint density at radius 2 is 2.04 bits per heavy atom. The highest BCUT2D eigenvalue weighted by Gasteiger charge is 2.42. The number of hydrogen-bond acceptors (Lipinski definition) is 3. The lowest BCUT2D eigenvalue weighted by Crippen LogP contribution is -2.53. The van der Waals surface area contributed by atoms with Gasteiger partial charge in [0.25, 0.3) is 5.91 Å². The molecule has 4 N–H and O–H groups in total. The van der Waals surface area contributed by atoms with Crippen LogP contribution in [0.4, 0.5) is 5.69 Å². The van der Waals surface area contributed by atoms with Crippen molar-refractivity contribution in [3.63, 3.8) is 0 Å². The van der Waals surface area contributed by atoms with Gasteiger partial charge in [0.1, 0.15) is 0 Å². The van der Waals surface area contributed by atoms with E-state index in [9.17, 15) is 9.59 Å². The van der Waals surface area contributed by atoms with Gasteiger partial charge in [-0.2, -0.15) is 0 Å². The smallest absolute Gasteiger partial charge is 0.251 e. The number of nitrogens with two attached hydrogens (primary N) is 1. The quantitative estimate of drug-likeness (QED) is 0.752. The van der Waals surface area contributed by atoms with Gasteiger partial charge in [-0.05, 0) is 56.2 Å². The van der Waals surface area contributed by atoms with Crippen LogP contribution in [0.3, 0.4) is 0 Å². The maximum Gasteiger partial charge on any atom is 0.251 e. The molecule has 2 fully saturated rings. The van der Waals surface area contributed by atoms with Crippen LogP contribution < -0.4 is 16.4 Å². The van der Waals surface area contributed by atoms with Crippen molar-refractivity contribution in [3.05, 3.63) is 29.8 Å². The molecule has 0 saturated heterocycles. The maximum atomic E-state index is 12.5. The topological polar surface area (TPSA) is 84.2 Å². The zero-order valence-electron chi connectivity index (χ0n) is 13.8. The summed E-state index contributed by atoms with van der Waals surface area (Å²) in [6, 6.07) is 7.08. The molecule has 2 aliphatic rings. The standard InChI is InChI=1S/C18H25N3O2/c1-11-8-15(11)17(23)20-14-5-3-4-12(9-14)16(22)21-18(2,10-19)13-6-7-13/h3-5,9,11,13,15H,6-8,10,19H2,1-2H3,(H,20,23)(H,21,22). The lowest BCUT2D eigenvalue weighted by Gasteiger charge is -2.29. The van der Waals surface area contributed by atoms with Gasteiger partial charge >= 0.3 is 0 Å². The molecule has 0 bridgehead atoms. The van der Waals surface area contributed by atoms with E-state index in [0.29, 0.717) is 29.6 Å². The van der Waals surface area contributed by atoms with Crippen LogP contribution in [0.2, 0.25) is 0 Å².